The first-order chi connectivity index (χ1) is 39.8. The highest BCUT2D eigenvalue weighted by Crippen LogP contribution is 2.16. The molecular formula is C53H90BrN9O19S. The van der Waals surface area contributed by atoms with Crippen molar-refractivity contribution in [3.05, 3.63) is 5.82 Å². The fraction of sp³-hybridized carbons (Fsp3) is 0.792. The van der Waals surface area contributed by atoms with E-state index in [1.807, 2.05) is 0 Å². The van der Waals surface area contributed by atoms with Crippen molar-refractivity contribution in [3.63, 3.8) is 0 Å². The number of sulfonamides is 1. The molecule has 0 fully saturated rings. The first kappa shape index (κ1) is 75.5. The molecule has 0 aliphatic heterocycles. The van der Waals surface area contributed by atoms with Gasteiger partial charge in [-0.1, -0.05) is 91.8 Å². The van der Waals surface area contributed by atoms with Gasteiger partial charge in [-0.3, -0.25) is 43.1 Å². The second-order valence-electron chi connectivity index (χ2n) is 19.9. The van der Waals surface area contributed by atoms with Crippen LogP contribution >= 0.6 is 15.9 Å². The van der Waals surface area contributed by atoms with Gasteiger partial charge in [0.25, 0.3) is 0 Å². The van der Waals surface area contributed by atoms with E-state index in [1.165, 1.54) is 44.9 Å². The Bertz CT molecular complexity index is 2160. The number of ketones is 2. The summed E-state index contributed by atoms with van der Waals surface area (Å²) in [5, 5.41) is 52.7. The van der Waals surface area contributed by atoms with Crippen LogP contribution in [0.5, 0.6) is 0 Å². The van der Waals surface area contributed by atoms with Crippen LogP contribution in [0.4, 0.5) is 0 Å². The second-order valence-corrected chi connectivity index (χ2v) is 22.3. The van der Waals surface area contributed by atoms with Crippen LogP contribution < -0.4 is 26.0 Å². The second kappa shape index (κ2) is 48.8. The molecule has 0 saturated carbocycles. The molecule has 0 bridgehead atoms. The molecule has 474 valence electrons. The number of carboxylic acid groups (broad SMARTS) is 3. The van der Waals surface area contributed by atoms with Crippen molar-refractivity contribution in [2.24, 2.45) is 5.92 Å². The number of ether oxygens (including phenoxy) is 4. The monoisotopic (exact) mass is 1270 g/mol. The van der Waals surface area contributed by atoms with E-state index in [1.54, 1.807) is 0 Å². The highest BCUT2D eigenvalue weighted by atomic mass is 79.9. The van der Waals surface area contributed by atoms with Gasteiger partial charge >= 0.3 is 17.9 Å². The van der Waals surface area contributed by atoms with Crippen LogP contribution in [-0.2, 0) is 83.3 Å². The van der Waals surface area contributed by atoms with E-state index < -0.39 is 101 Å². The van der Waals surface area contributed by atoms with Crippen LogP contribution in [0.1, 0.15) is 173 Å². The van der Waals surface area contributed by atoms with E-state index in [2.05, 4.69) is 62.5 Å². The van der Waals surface area contributed by atoms with Gasteiger partial charge in [0.15, 0.2) is 11.6 Å². The van der Waals surface area contributed by atoms with Crippen molar-refractivity contribution < 1.29 is 90.6 Å². The van der Waals surface area contributed by atoms with Gasteiger partial charge in [0.2, 0.25) is 39.6 Å². The number of tetrazole rings is 1. The zero-order valence-corrected chi connectivity index (χ0v) is 50.2. The van der Waals surface area contributed by atoms with Gasteiger partial charge in [0.1, 0.15) is 31.1 Å². The first-order valence-corrected chi connectivity index (χ1v) is 31.6. The number of hydrogen-bond donors (Lipinski definition) is 9. The summed E-state index contributed by atoms with van der Waals surface area (Å²) in [5.41, 5.74) is 0. The lowest BCUT2D eigenvalue weighted by Gasteiger charge is -2.16. The maximum atomic E-state index is 12.6. The third-order valence-electron chi connectivity index (χ3n) is 12.7. The molecular weight excluding hydrogens is 1180 g/mol. The average Bonchev–Trinajstić information content (AvgIpc) is 3.97. The summed E-state index contributed by atoms with van der Waals surface area (Å²) in [5.74, 6) is -8.23. The minimum absolute atomic E-state index is 0.00682. The molecule has 0 saturated heterocycles. The fourth-order valence-electron chi connectivity index (χ4n) is 8.16. The molecule has 0 spiro atoms. The number of carbonyl (C=O) groups excluding carboxylic acids is 7. The van der Waals surface area contributed by atoms with E-state index in [-0.39, 0.29) is 120 Å². The van der Waals surface area contributed by atoms with Crippen LogP contribution in [0, 0.1) is 5.92 Å². The predicted molar refractivity (Wildman–Crippen MR) is 303 cm³/mol. The Labute approximate surface area is 494 Å². The number of carbonyl (C=O) groups is 10. The normalized spacial score (nSPS) is 12.4. The molecule has 0 aliphatic carbocycles. The van der Waals surface area contributed by atoms with Gasteiger partial charge in [-0.15, -0.1) is 10.2 Å². The smallest absolute Gasteiger partial charge is 0.326 e. The molecule has 0 aromatic carbocycles. The third kappa shape index (κ3) is 44.6. The van der Waals surface area contributed by atoms with E-state index >= 15 is 0 Å². The van der Waals surface area contributed by atoms with Gasteiger partial charge in [0, 0.05) is 64.6 Å². The summed E-state index contributed by atoms with van der Waals surface area (Å²) in [6.07, 6.45) is 15.1. The third-order valence-corrected chi connectivity index (χ3v) is 14.6. The van der Waals surface area contributed by atoms with Gasteiger partial charge in [-0.05, 0) is 57.8 Å². The van der Waals surface area contributed by atoms with E-state index in [0.717, 1.165) is 44.3 Å². The summed E-state index contributed by atoms with van der Waals surface area (Å²) in [6.45, 7) is -0.0204. The summed E-state index contributed by atoms with van der Waals surface area (Å²) < 4.78 is 48.0. The Hall–Kier alpha value is -5.56. The van der Waals surface area contributed by atoms with Crippen LogP contribution in [0.2, 0.25) is 0 Å². The quantitative estimate of drug-likeness (QED) is 0.0334. The fourth-order valence-corrected chi connectivity index (χ4v) is 9.43. The Morgan fingerprint density at radius 1 is 0.494 bits per heavy atom. The van der Waals surface area contributed by atoms with Crippen LogP contribution in [-0.4, -0.2) is 192 Å². The molecule has 1 aromatic heterocycles. The van der Waals surface area contributed by atoms with Gasteiger partial charge in [-0.25, -0.2) is 18.0 Å². The van der Waals surface area contributed by atoms with Crippen molar-refractivity contribution in [2.45, 2.75) is 185 Å². The number of halogens is 1. The summed E-state index contributed by atoms with van der Waals surface area (Å²) in [4.78, 5) is 120. The van der Waals surface area contributed by atoms with Gasteiger partial charge in [0.05, 0.1) is 50.0 Å². The molecule has 28 nitrogen and oxygen atoms in total. The average molecular weight is 1270 g/mol. The van der Waals surface area contributed by atoms with E-state index in [0.29, 0.717) is 32.2 Å². The van der Waals surface area contributed by atoms with Gasteiger partial charge < -0.3 is 55.5 Å². The number of Topliss-reactive ketones (excluding diaryl/α,β-unsaturated/α-hetero) is 2. The minimum Gasteiger partial charge on any atom is -0.481 e. The lowest BCUT2D eigenvalue weighted by molar-refractivity contribution is -0.145. The number of alkyl halides is 1. The zero-order chi connectivity index (χ0) is 61.4. The Morgan fingerprint density at radius 3 is 1.67 bits per heavy atom. The molecule has 0 aliphatic rings. The summed E-state index contributed by atoms with van der Waals surface area (Å²) in [7, 11) is -3.88. The number of carboxylic acids is 3. The number of rotatable bonds is 57. The number of H-pyrrole nitrogens is 1. The number of aromatic amines is 1. The molecule has 83 heavy (non-hydrogen) atoms. The maximum absolute atomic E-state index is 12.6. The van der Waals surface area contributed by atoms with Crippen molar-refractivity contribution in [1.82, 2.24) is 46.6 Å². The van der Waals surface area contributed by atoms with Crippen molar-refractivity contribution in [3.8, 4) is 0 Å². The number of aryl methyl sites for hydroxylation is 1. The molecule has 1 unspecified atom stereocenters. The lowest BCUT2D eigenvalue weighted by atomic mass is 9.97. The number of hydrogen-bond acceptors (Lipinski definition) is 19. The van der Waals surface area contributed by atoms with E-state index in [4.69, 9.17) is 18.9 Å². The molecule has 1 heterocycles. The van der Waals surface area contributed by atoms with Gasteiger partial charge in [-0.2, -0.15) is 5.21 Å². The summed E-state index contributed by atoms with van der Waals surface area (Å²) >= 11 is 3.03. The highest BCUT2D eigenvalue weighted by Gasteiger charge is 2.26. The minimum atomic E-state index is -3.88. The largest absolute Gasteiger partial charge is 0.481 e. The van der Waals surface area contributed by atoms with Crippen LogP contribution in [0.3, 0.4) is 0 Å². The van der Waals surface area contributed by atoms with Crippen molar-refractivity contribution in [2.75, 3.05) is 77.0 Å². The zero-order valence-electron chi connectivity index (χ0n) is 47.8. The van der Waals surface area contributed by atoms with E-state index in [9.17, 15) is 71.7 Å². The highest BCUT2D eigenvalue weighted by molar-refractivity contribution is 9.09. The summed E-state index contributed by atoms with van der Waals surface area (Å²) in [6, 6.07) is -2.54. The first-order valence-electron chi connectivity index (χ1n) is 28.8. The van der Waals surface area contributed by atoms with Crippen LogP contribution in [0.15, 0.2) is 0 Å². The molecule has 0 radical (unpaired) electrons. The number of nitrogens with one attached hydrogen (secondary N) is 6. The molecule has 3 atom stereocenters. The van der Waals surface area contributed by atoms with Crippen molar-refractivity contribution >= 4 is 85.0 Å². The molecule has 5 amide bonds. The topological polar surface area (TPSA) is 417 Å². The molecule has 9 N–H and O–H groups in total. The SMILES string of the molecule is O=C(CCCOCCOCC(=O)N[C@@H](CCCCNC(=O)CBr)C(=O)O)CCC(NC(=O)CC[C@H](CC(=O)COCCOCCNC(=O)CCCS(=O)(=O)NC(=O)CCCCCCCCCCCCCCCc1nn[nH]n1)C(=O)O)C(=O)O. The number of amides is 5. The lowest BCUT2D eigenvalue weighted by Crippen LogP contribution is -2.42. The number of aromatic nitrogens is 4. The number of unbranched alkanes of at least 4 members (excludes halogenated alkanes) is 13. The number of aliphatic carboxylic acids is 3. The Kier molecular flexibility index (Phi) is 44.3. The van der Waals surface area contributed by atoms with Crippen LogP contribution in [0.25, 0.3) is 0 Å². The maximum Gasteiger partial charge on any atom is 0.326 e. The number of nitrogens with zero attached hydrogens (tertiary/aromatic N) is 3. The Balaban J connectivity index is 2.09. The molecule has 1 rings (SSSR count). The molecule has 30 heteroatoms. The predicted octanol–water partition coefficient (Wildman–Crippen LogP) is 3.00. The van der Waals surface area contributed by atoms with Crippen molar-refractivity contribution in [1.29, 1.82) is 0 Å². The standard InChI is InChI=1S/C53H90BrN9O19S/c54-37-49(69)55-27-15-14-19-43(52(73)74)58-50(70)39-82-34-31-79-29-16-18-41(64)24-25-44(53(75)76)57-47(67)26-23-40(51(71)72)36-42(65)38-81-33-32-80-30-28-56-46(66)22-17-35-83(77,78)61-48(68)21-13-11-9-7-5-3-1-2-4-6-8-10-12-20-45-59-62-63-60-45/h40,43-44H,1-39H2,(H,55,69)(H,56,66)(H,57,67)(H,58,70)(H,61,68)(H,71,72)(H,73,74)(H,75,76)(H,59,60,62,63)/t40-,43+,44?/m1/s1. The molecule has 1 aromatic rings. The Morgan fingerprint density at radius 2 is 1.06 bits per heavy atom.